The van der Waals surface area contributed by atoms with Gasteiger partial charge in [0.25, 0.3) is 6.43 Å². The standard InChI is InChI=1S/C8H3F5INO2/c9-6(10)4-2(8(11,12)13)1-3(14)15-5(4)7(16)17/h1,6H,(H,16,17). The van der Waals surface area contributed by atoms with Crippen LogP contribution >= 0.6 is 22.6 Å². The van der Waals surface area contributed by atoms with E-state index in [1.807, 2.05) is 0 Å². The lowest BCUT2D eigenvalue weighted by molar-refractivity contribution is -0.139. The zero-order valence-corrected chi connectivity index (χ0v) is 9.88. The largest absolute Gasteiger partial charge is 0.476 e. The van der Waals surface area contributed by atoms with E-state index in [9.17, 15) is 26.7 Å². The molecule has 0 amide bonds. The third-order valence-corrected chi connectivity index (χ3v) is 2.31. The fourth-order valence-electron chi connectivity index (χ4n) is 1.14. The molecule has 0 unspecified atom stereocenters. The second-order valence-corrected chi connectivity index (χ2v) is 3.96. The molecule has 94 valence electrons. The van der Waals surface area contributed by atoms with Gasteiger partial charge in [0.15, 0.2) is 5.69 Å². The van der Waals surface area contributed by atoms with Crippen molar-refractivity contribution >= 4 is 28.6 Å². The van der Waals surface area contributed by atoms with Gasteiger partial charge in [0.05, 0.1) is 11.1 Å². The fourth-order valence-corrected chi connectivity index (χ4v) is 1.69. The zero-order valence-electron chi connectivity index (χ0n) is 7.73. The SMILES string of the molecule is O=C(O)c1nc(I)cc(C(F)(F)F)c1C(F)F. The minimum atomic E-state index is -5.06. The van der Waals surface area contributed by atoms with E-state index in [2.05, 4.69) is 4.98 Å². The molecule has 0 spiro atoms. The maximum absolute atomic E-state index is 12.5. The highest BCUT2D eigenvalue weighted by Gasteiger charge is 2.39. The molecule has 3 nitrogen and oxygen atoms in total. The maximum atomic E-state index is 12.5. The molecule has 0 radical (unpaired) electrons. The van der Waals surface area contributed by atoms with Crippen molar-refractivity contribution in [2.75, 3.05) is 0 Å². The third kappa shape index (κ3) is 3.01. The smallest absolute Gasteiger partial charge is 0.417 e. The molecule has 0 aromatic carbocycles. The number of aromatic nitrogens is 1. The van der Waals surface area contributed by atoms with E-state index < -0.39 is 35.4 Å². The number of halogens is 6. The molecule has 1 heterocycles. The molecule has 0 saturated heterocycles. The molecule has 17 heavy (non-hydrogen) atoms. The van der Waals surface area contributed by atoms with Crippen molar-refractivity contribution in [1.82, 2.24) is 4.98 Å². The number of hydrogen-bond acceptors (Lipinski definition) is 2. The Kier molecular flexibility index (Phi) is 3.89. The van der Waals surface area contributed by atoms with E-state index in [-0.39, 0.29) is 3.70 Å². The van der Waals surface area contributed by atoms with Crippen LogP contribution in [0.15, 0.2) is 6.07 Å². The van der Waals surface area contributed by atoms with Gasteiger partial charge < -0.3 is 5.11 Å². The van der Waals surface area contributed by atoms with Crippen LogP contribution in [-0.4, -0.2) is 16.1 Å². The number of rotatable bonds is 2. The molecule has 0 aliphatic rings. The van der Waals surface area contributed by atoms with Gasteiger partial charge in [0, 0.05) is 0 Å². The van der Waals surface area contributed by atoms with Crippen LogP contribution in [0.1, 0.15) is 28.0 Å². The van der Waals surface area contributed by atoms with Crippen LogP contribution in [0.5, 0.6) is 0 Å². The van der Waals surface area contributed by atoms with Gasteiger partial charge in [-0.15, -0.1) is 0 Å². The highest BCUT2D eigenvalue weighted by atomic mass is 127. The van der Waals surface area contributed by atoms with Crippen LogP contribution in [0.2, 0.25) is 0 Å². The molecule has 0 aliphatic carbocycles. The number of hydrogen-bond donors (Lipinski definition) is 1. The first kappa shape index (κ1) is 14.1. The van der Waals surface area contributed by atoms with E-state index in [1.165, 1.54) is 22.6 Å². The average Bonchev–Trinajstić information content (AvgIpc) is 2.14. The van der Waals surface area contributed by atoms with E-state index in [1.54, 1.807) is 0 Å². The quantitative estimate of drug-likeness (QED) is 0.496. The monoisotopic (exact) mass is 367 g/mol. The van der Waals surface area contributed by atoms with E-state index in [0.717, 1.165) is 0 Å². The molecule has 1 rings (SSSR count). The lowest BCUT2D eigenvalue weighted by Gasteiger charge is -2.14. The van der Waals surface area contributed by atoms with Crippen LogP contribution in [-0.2, 0) is 6.18 Å². The molecular formula is C8H3F5INO2. The Hall–Kier alpha value is -1.00. The topological polar surface area (TPSA) is 50.2 Å². The second kappa shape index (κ2) is 4.70. The minimum absolute atomic E-state index is 0.322. The lowest BCUT2D eigenvalue weighted by Crippen LogP contribution is -2.17. The first-order chi connectivity index (χ1) is 7.64. The van der Waals surface area contributed by atoms with Crippen molar-refractivity contribution in [1.29, 1.82) is 0 Å². The van der Waals surface area contributed by atoms with Crippen molar-refractivity contribution in [3.63, 3.8) is 0 Å². The summed E-state index contributed by atoms with van der Waals surface area (Å²) in [4.78, 5) is 13.8. The Morgan fingerprint density at radius 1 is 1.41 bits per heavy atom. The van der Waals surface area contributed by atoms with Crippen molar-refractivity contribution in [2.24, 2.45) is 0 Å². The van der Waals surface area contributed by atoms with Gasteiger partial charge in [-0.2, -0.15) is 13.2 Å². The van der Waals surface area contributed by atoms with Crippen LogP contribution in [0, 0.1) is 3.70 Å². The Morgan fingerprint density at radius 3 is 2.29 bits per heavy atom. The van der Waals surface area contributed by atoms with E-state index >= 15 is 0 Å². The second-order valence-electron chi connectivity index (χ2n) is 2.86. The zero-order chi connectivity index (χ0) is 13.4. The van der Waals surface area contributed by atoms with Gasteiger partial charge in [-0.05, 0) is 28.7 Å². The summed E-state index contributed by atoms with van der Waals surface area (Å²) in [5, 5.41) is 8.56. The summed E-state index contributed by atoms with van der Waals surface area (Å²) < 4.78 is 62.1. The molecule has 0 fully saturated rings. The van der Waals surface area contributed by atoms with Crippen molar-refractivity contribution in [2.45, 2.75) is 12.6 Å². The molecule has 1 N–H and O–H groups in total. The molecule has 0 atom stereocenters. The Balaban J connectivity index is 3.64. The average molecular weight is 367 g/mol. The predicted molar refractivity (Wildman–Crippen MR) is 53.9 cm³/mol. The minimum Gasteiger partial charge on any atom is -0.476 e. The molecule has 0 aliphatic heterocycles. The summed E-state index contributed by atoms with van der Waals surface area (Å²) in [5.74, 6) is -1.93. The maximum Gasteiger partial charge on any atom is 0.417 e. The fraction of sp³-hybridized carbons (Fsp3) is 0.250. The van der Waals surface area contributed by atoms with Crippen LogP contribution < -0.4 is 0 Å². The predicted octanol–water partition coefficient (Wildman–Crippen LogP) is 3.34. The summed E-state index contributed by atoms with van der Waals surface area (Å²) >= 11 is 1.33. The van der Waals surface area contributed by atoms with Crippen LogP contribution in [0.3, 0.4) is 0 Å². The number of alkyl halides is 5. The summed E-state index contributed by atoms with van der Waals surface area (Å²) in [6, 6.07) is 0.383. The third-order valence-electron chi connectivity index (χ3n) is 1.75. The van der Waals surface area contributed by atoms with Crippen molar-refractivity contribution < 1.29 is 31.9 Å². The summed E-state index contributed by atoms with van der Waals surface area (Å²) in [6.45, 7) is 0. The normalized spacial score (nSPS) is 11.9. The van der Waals surface area contributed by atoms with Gasteiger partial charge in [-0.25, -0.2) is 18.6 Å². The highest BCUT2D eigenvalue weighted by molar-refractivity contribution is 14.1. The van der Waals surface area contributed by atoms with Crippen LogP contribution in [0.4, 0.5) is 22.0 Å². The molecule has 9 heteroatoms. The summed E-state index contributed by atoms with van der Waals surface area (Å²) in [6.07, 6.45) is -8.62. The molecular weight excluding hydrogens is 364 g/mol. The van der Waals surface area contributed by atoms with Gasteiger partial charge >= 0.3 is 12.1 Å². The molecule has 0 saturated carbocycles. The number of aromatic carboxylic acids is 1. The van der Waals surface area contributed by atoms with Gasteiger partial charge in [-0.1, -0.05) is 0 Å². The van der Waals surface area contributed by atoms with Gasteiger partial charge in [-0.3, -0.25) is 0 Å². The summed E-state index contributed by atoms with van der Waals surface area (Å²) in [5.41, 5.74) is -4.56. The first-order valence-electron chi connectivity index (χ1n) is 3.93. The van der Waals surface area contributed by atoms with E-state index in [0.29, 0.717) is 6.07 Å². The first-order valence-corrected chi connectivity index (χ1v) is 5.01. The van der Waals surface area contributed by atoms with Crippen molar-refractivity contribution in [3.05, 3.63) is 26.6 Å². The number of carboxylic acids is 1. The Labute approximate surface area is 105 Å². The van der Waals surface area contributed by atoms with Crippen molar-refractivity contribution in [3.8, 4) is 0 Å². The molecule has 1 aromatic heterocycles. The molecule has 1 aromatic rings. The Bertz CT molecular complexity index is 460. The Morgan fingerprint density at radius 2 is 1.94 bits per heavy atom. The van der Waals surface area contributed by atoms with Crippen LogP contribution in [0.25, 0.3) is 0 Å². The number of carbonyl (C=O) groups is 1. The number of carboxylic acid groups (broad SMARTS) is 1. The van der Waals surface area contributed by atoms with Gasteiger partial charge in [0.2, 0.25) is 0 Å². The van der Waals surface area contributed by atoms with E-state index in [4.69, 9.17) is 5.11 Å². The highest BCUT2D eigenvalue weighted by Crippen LogP contribution is 2.38. The lowest BCUT2D eigenvalue weighted by atomic mass is 10.1. The number of pyridine rings is 1. The van der Waals surface area contributed by atoms with Gasteiger partial charge in [0.1, 0.15) is 3.70 Å². The number of nitrogens with zero attached hydrogens (tertiary/aromatic N) is 1. The molecule has 0 bridgehead atoms. The summed E-state index contributed by atoms with van der Waals surface area (Å²) in [7, 11) is 0.